The minimum Gasteiger partial charge on any atom is -0.492 e. The standard InChI is InChI=1S/C17H24ClN3O4/c1-20(13-17(23)21-7-10-24-11-8-21)12-16(22)19-6-9-25-15-4-2-14(18)3-5-15/h2-5H,6-13H2,1H3,(H,19,22)/p+1. The highest BCUT2D eigenvalue weighted by atomic mass is 35.5. The topological polar surface area (TPSA) is 72.3 Å². The van der Waals surface area contributed by atoms with Crippen molar-refractivity contribution in [2.75, 3.05) is 59.6 Å². The fourth-order valence-corrected chi connectivity index (χ4v) is 2.60. The van der Waals surface area contributed by atoms with Crippen LogP contribution in [0, 0.1) is 0 Å². The molecule has 1 fully saturated rings. The molecule has 2 amide bonds. The normalized spacial score (nSPS) is 15.5. The summed E-state index contributed by atoms with van der Waals surface area (Å²) in [6, 6.07) is 7.05. The average Bonchev–Trinajstić information content (AvgIpc) is 2.61. The largest absolute Gasteiger partial charge is 0.492 e. The molecule has 1 heterocycles. The number of nitrogens with one attached hydrogen (secondary N) is 2. The molecule has 1 atom stereocenters. The van der Waals surface area contributed by atoms with Crippen LogP contribution in [0.15, 0.2) is 24.3 Å². The number of carbonyl (C=O) groups is 2. The maximum absolute atomic E-state index is 12.1. The summed E-state index contributed by atoms with van der Waals surface area (Å²) in [6.07, 6.45) is 0. The number of morpholine rings is 1. The summed E-state index contributed by atoms with van der Waals surface area (Å²) in [5.74, 6) is 0.657. The van der Waals surface area contributed by atoms with Gasteiger partial charge in [-0.2, -0.15) is 0 Å². The molecule has 0 aromatic heterocycles. The van der Waals surface area contributed by atoms with E-state index < -0.39 is 0 Å². The molecule has 0 spiro atoms. The van der Waals surface area contributed by atoms with Gasteiger partial charge in [0, 0.05) is 18.1 Å². The maximum Gasteiger partial charge on any atom is 0.277 e. The first-order chi connectivity index (χ1) is 12.0. The molecule has 25 heavy (non-hydrogen) atoms. The molecule has 0 radical (unpaired) electrons. The molecule has 1 aliphatic rings. The molecule has 7 nitrogen and oxygen atoms in total. The van der Waals surface area contributed by atoms with Crippen molar-refractivity contribution in [2.45, 2.75) is 0 Å². The molecular formula is C17H25ClN3O4+. The van der Waals surface area contributed by atoms with E-state index in [0.717, 1.165) is 4.90 Å². The van der Waals surface area contributed by atoms with E-state index in [1.807, 2.05) is 7.05 Å². The van der Waals surface area contributed by atoms with Gasteiger partial charge in [-0.3, -0.25) is 9.59 Å². The van der Waals surface area contributed by atoms with Crippen LogP contribution in [0.2, 0.25) is 5.02 Å². The quantitative estimate of drug-likeness (QED) is 0.588. The molecule has 2 rings (SSSR count). The van der Waals surface area contributed by atoms with E-state index in [1.54, 1.807) is 29.2 Å². The zero-order valence-corrected chi connectivity index (χ0v) is 15.2. The van der Waals surface area contributed by atoms with Crippen LogP contribution in [0.4, 0.5) is 0 Å². The molecule has 0 aliphatic carbocycles. The van der Waals surface area contributed by atoms with Gasteiger partial charge in [-0.1, -0.05) is 11.6 Å². The summed E-state index contributed by atoms with van der Waals surface area (Å²) in [4.78, 5) is 26.7. The number of hydrogen-bond acceptors (Lipinski definition) is 4. The molecule has 1 unspecified atom stereocenters. The lowest BCUT2D eigenvalue weighted by Gasteiger charge is -2.27. The first-order valence-corrected chi connectivity index (χ1v) is 8.74. The van der Waals surface area contributed by atoms with Gasteiger partial charge in [0.15, 0.2) is 13.1 Å². The van der Waals surface area contributed by atoms with Gasteiger partial charge < -0.3 is 24.6 Å². The third-order valence-corrected chi connectivity index (χ3v) is 4.04. The number of likely N-dealkylation sites (N-methyl/N-ethyl adjacent to an activating group) is 1. The number of hydrogen-bond donors (Lipinski definition) is 2. The lowest BCUT2D eigenvalue weighted by atomic mass is 10.3. The van der Waals surface area contributed by atoms with Gasteiger partial charge in [0.2, 0.25) is 0 Å². The summed E-state index contributed by atoms with van der Waals surface area (Å²) >= 11 is 5.80. The second-order valence-corrected chi connectivity index (χ2v) is 6.39. The van der Waals surface area contributed by atoms with Gasteiger partial charge in [-0.25, -0.2) is 0 Å². The van der Waals surface area contributed by atoms with E-state index in [0.29, 0.717) is 56.8 Å². The Balaban J connectivity index is 1.59. The Hall–Kier alpha value is -1.83. The van der Waals surface area contributed by atoms with Gasteiger partial charge in [-0.15, -0.1) is 0 Å². The smallest absolute Gasteiger partial charge is 0.277 e. The SMILES string of the molecule is C[NH+](CC(=O)NCCOc1ccc(Cl)cc1)CC(=O)N1CCOCC1. The highest BCUT2D eigenvalue weighted by Crippen LogP contribution is 2.14. The minimum atomic E-state index is -0.105. The first kappa shape index (κ1) is 19.5. The maximum atomic E-state index is 12.1. The summed E-state index contributed by atoms with van der Waals surface area (Å²) in [5, 5.41) is 3.44. The molecule has 0 bridgehead atoms. The summed E-state index contributed by atoms with van der Waals surface area (Å²) < 4.78 is 10.7. The number of nitrogens with zero attached hydrogens (tertiary/aromatic N) is 1. The van der Waals surface area contributed by atoms with Crippen molar-refractivity contribution in [3.8, 4) is 5.75 Å². The Bertz CT molecular complexity index is 562. The number of carbonyl (C=O) groups excluding carboxylic acids is 2. The van der Waals surface area contributed by atoms with E-state index >= 15 is 0 Å². The monoisotopic (exact) mass is 370 g/mol. The van der Waals surface area contributed by atoms with E-state index in [4.69, 9.17) is 21.1 Å². The van der Waals surface area contributed by atoms with E-state index in [1.165, 1.54) is 0 Å². The third-order valence-electron chi connectivity index (χ3n) is 3.79. The van der Waals surface area contributed by atoms with Crippen LogP contribution in [0.25, 0.3) is 0 Å². The number of benzene rings is 1. The number of quaternary nitrogens is 1. The summed E-state index contributed by atoms with van der Waals surface area (Å²) in [6.45, 7) is 3.75. The van der Waals surface area contributed by atoms with E-state index in [-0.39, 0.29) is 18.4 Å². The van der Waals surface area contributed by atoms with Crippen molar-refractivity contribution in [1.82, 2.24) is 10.2 Å². The van der Waals surface area contributed by atoms with Crippen LogP contribution in [0.5, 0.6) is 5.75 Å². The molecule has 1 aromatic rings. The number of ether oxygens (including phenoxy) is 2. The lowest BCUT2D eigenvalue weighted by molar-refractivity contribution is -0.863. The Labute approximate surface area is 152 Å². The molecule has 0 saturated carbocycles. The molecule has 1 aliphatic heterocycles. The fourth-order valence-electron chi connectivity index (χ4n) is 2.47. The van der Waals surface area contributed by atoms with Crippen LogP contribution in [-0.4, -0.2) is 76.3 Å². The van der Waals surface area contributed by atoms with Crippen molar-refractivity contribution in [1.29, 1.82) is 0 Å². The number of rotatable bonds is 8. The van der Waals surface area contributed by atoms with Gasteiger partial charge in [0.25, 0.3) is 11.8 Å². The number of halogens is 1. The number of amides is 2. The predicted octanol–water partition coefficient (Wildman–Crippen LogP) is -0.791. The van der Waals surface area contributed by atoms with Crippen molar-refractivity contribution in [3.05, 3.63) is 29.3 Å². The van der Waals surface area contributed by atoms with Crippen molar-refractivity contribution >= 4 is 23.4 Å². The van der Waals surface area contributed by atoms with E-state index in [9.17, 15) is 9.59 Å². The third kappa shape index (κ3) is 7.29. The minimum absolute atomic E-state index is 0.0553. The predicted molar refractivity (Wildman–Crippen MR) is 94.0 cm³/mol. The average molecular weight is 371 g/mol. The van der Waals surface area contributed by atoms with Crippen molar-refractivity contribution < 1.29 is 24.0 Å². The van der Waals surface area contributed by atoms with Gasteiger partial charge in [-0.05, 0) is 24.3 Å². The lowest BCUT2D eigenvalue weighted by Crippen LogP contribution is -3.11. The first-order valence-electron chi connectivity index (χ1n) is 8.36. The van der Waals surface area contributed by atoms with Crippen molar-refractivity contribution in [3.63, 3.8) is 0 Å². The van der Waals surface area contributed by atoms with Crippen LogP contribution < -0.4 is 15.0 Å². The second kappa shape index (κ2) is 10.2. The van der Waals surface area contributed by atoms with E-state index in [2.05, 4.69) is 5.32 Å². The Kier molecular flexibility index (Phi) is 7.97. The Morgan fingerprint density at radius 1 is 1.24 bits per heavy atom. The van der Waals surface area contributed by atoms with Gasteiger partial charge in [0.1, 0.15) is 12.4 Å². The van der Waals surface area contributed by atoms with Crippen LogP contribution in [-0.2, 0) is 14.3 Å². The van der Waals surface area contributed by atoms with Crippen molar-refractivity contribution in [2.24, 2.45) is 0 Å². The van der Waals surface area contributed by atoms with Gasteiger partial charge in [0.05, 0.1) is 26.8 Å². The molecule has 138 valence electrons. The summed E-state index contributed by atoms with van der Waals surface area (Å²) in [7, 11) is 1.84. The Morgan fingerprint density at radius 2 is 1.92 bits per heavy atom. The molecule has 2 N–H and O–H groups in total. The van der Waals surface area contributed by atoms with Crippen LogP contribution >= 0.6 is 11.6 Å². The second-order valence-electron chi connectivity index (χ2n) is 5.96. The zero-order chi connectivity index (χ0) is 18.1. The van der Waals surface area contributed by atoms with Crippen LogP contribution in [0.3, 0.4) is 0 Å². The van der Waals surface area contributed by atoms with Gasteiger partial charge >= 0.3 is 0 Å². The molecular weight excluding hydrogens is 346 g/mol. The van der Waals surface area contributed by atoms with Crippen LogP contribution in [0.1, 0.15) is 0 Å². The molecule has 8 heteroatoms. The summed E-state index contributed by atoms with van der Waals surface area (Å²) in [5.41, 5.74) is 0. The molecule has 1 aromatic carbocycles. The Morgan fingerprint density at radius 3 is 2.60 bits per heavy atom. The molecule has 1 saturated heterocycles. The zero-order valence-electron chi connectivity index (χ0n) is 14.4. The fraction of sp³-hybridized carbons (Fsp3) is 0.529. The highest BCUT2D eigenvalue weighted by molar-refractivity contribution is 6.30. The highest BCUT2D eigenvalue weighted by Gasteiger charge is 2.21.